The number of hydrogen-bond donors (Lipinski definition) is 0. The standard InChI is InChI=1S/C28H28F3N3O2/c1-3-33(4-2)16-9-17-36-23-13-8-12-22(19-23)34-25-15-6-5-14-24(25)26(27(34)35)32-21-11-7-10-20(18-21)28(29,30)31/h5-8,10-15,18-19H,3-4,9,16-17H2,1-2H3/b32-26-. The second-order valence-corrected chi connectivity index (χ2v) is 8.39. The fraction of sp³-hybridized carbons (Fsp3) is 0.286. The van der Waals surface area contributed by atoms with Crippen LogP contribution in [0.2, 0.25) is 0 Å². The van der Waals surface area contributed by atoms with Crippen LogP contribution in [0.25, 0.3) is 0 Å². The van der Waals surface area contributed by atoms with Crippen LogP contribution in [0.3, 0.4) is 0 Å². The summed E-state index contributed by atoms with van der Waals surface area (Å²) in [5.74, 6) is 0.230. The molecular weight excluding hydrogens is 467 g/mol. The molecule has 3 aromatic rings. The third-order valence-corrected chi connectivity index (χ3v) is 6.08. The predicted octanol–water partition coefficient (Wildman–Crippen LogP) is 6.62. The molecular formula is C28H28F3N3O2. The number of halogens is 3. The van der Waals surface area contributed by atoms with Gasteiger partial charge in [-0.25, -0.2) is 4.99 Å². The second kappa shape index (κ2) is 11.0. The van der Waals surface area contributed by atoms with Crippen molar-refractivity contribution in [3.8, 4) is 5.75 Å². The SMILES string of the molecule is CCN(CC)CCCOc1cccc(N2C(=O)/C(=N\c3cccc(C(F)(F)F)c3)c3ccccc32)c1. The molecule has 0 atom stereocenters. The minimum atomic E-state index is -4.49. The van der Waals surface area contributed by atoms with Gasteiger partial charge in [0.15, 0.2) is 0 Å². The van der Waals surface area contributed by atoms with Gasteiger partial charge in [0.2, 0.25) is 0 Å². The molecule has 8 heteroatoms. The summed E-state index contributed by atoms with van der Waals surface area (Å²) in [6.07, 6.45) is -3.61. The van der Waals surface area contributed by atoms with E-state index in [0.29, 0.717) is 29.3 Å². The molecule has 0 aliphatic carbocycles. The van der Waals surface area contributed by atoms with E-state index in [0.717, 1.165) is 38.2 Å². The minimum Gasteiger partial charge on any atom is -0.493 e. The van der Waals surface area contributed by atoms with Crippen molar-refractivity contribution in [2.24, 2.45) is 4.99 Å². The Morgan fingerprint density at radius 2 is 1.69 bits per heavy atom. The Balaban J connectivity index is 1.59. The van der Waals surface area contributed by atoms with E-state index in [-0.39, 0.29) is 11.4 Å². The summed E-state index contributed by atoms with van der Waals surface area (Å²) in [7, 11) is 0. The van der Waals surface area contributed by atoms with Gasteiger partial charge < -0.3 is 9.64 Å². The van der Waals surface area contributed by atoms with E-state index < -0.39 is 17.6 Å². The highest BCUT2D eigenvalue weighted by Crippen LogP contribution is 2.38. The molecule has 0 fully saturated rings. The molecule has 0 radical (unpaired) electrons. The maximum absolute atomic E-state index is 13.5. The molecule has 0 unspecified atom stereocenters. The van der Waals surface area contributed by atoms with Crippen molar-refractivity contribution >= 4 is 28.7 Å². The van der Waals surface area contributed by atoms with Gasteiger partial charge in [0.05, 0.1) is 29.2 Å². The largest absolute Gasteiger partial charge is 0.493 e. The first-order chi connectivity index (χ1) is 17.3. The third-order valence-electron chi connectivity index (χ3n) is 6.08. The van der Waals surface area contributed by atoms with Gasteiger partial charge in [-0.2, -0.15) is 13.2 Å². The fourth-order valence-electron chi connectivity index (χ4n) is 4.18. The summed E-state index contributed by atoms with van der Waals surface area (Å²) in [6.45, 7) is 7.74. The Bertz CT molecular complexity index is 1250. The zero-order chi connectivity index (χ0) is 25.7. The summed E-state index contributed by atoms with van der Waals surface area (Å²) < 4.78 is 45.4. The summed E-state index contributed by atoms with van der Waals surface area (Å²) in [4.78, 5) is 21.7. The Hall–Kier alpha value is -3.65. The predicted molar refractivity (Wildman–Crippen MR) is 136 cm³/mol. The van der Waals surface area contributed by atoms with E-state index in [4.69, 9.17) is 4.74 Å². The van der Waals surface area contributed by atoms with Crippen LogP contribution in [0.5, 0.6) is 5.75 Å². The Morgan fingerprint density at radius 3 is 2.44 bits per heavy atom. The van der Waals surface area contributed by atoms with Gasteiger partial charge in [-0.3, -0.25) is 9.69 Å². The van der Waals surface area contributed by atoms with E-state index in [9.17, 15) is 18.0 Å². The fourth-order valence-corrected chi connectivity index (χ4v) is 4.18. The number of anilines is 2. The summed E-state index contributed by atoms with van der Waals surface area (Å²) in [5.41, 5.74) is 1.12. The lowest BCUT2D eigenvalue weighted by Gasteiger charge is -2.19. The summed E-state index contributed by atoms with van der Waals surface area (Å²) in [6, 6.07) is 19.0. The van der Waals surface area contributed by atoms with Crippen LogP contribution in [0, 0.1) is 0 Å². The first-order valence-electron chi connectivity index (χ1n) is 12.0. The number of nitrogens with zero attached hydrogens (tertiary/aromatic N) is 3. The number of aliphatic imine (C=N–C) groups is 1. The molecule has 4 rings (SSSR count). The van der Waals surface area contributed by atoms with Crippen LogP contribution in [0.1, 0.15) is 31.4 Å². The number of rotatable bonds is 9. The lowest BCUT2D eigenvalue weighted by Crippen LogP contribution is -2.25. The van der Waals surface area contributed by atoms with Crippen molar-refractivity contribution in [1.82, 2.24) is 4.90 Å². The molecule has 5 nitrogen and oxygen atoms in total. The Kier molecular flexibility index (Phi) is 7.74. The number of carbonyl (C=O) groups is 1. The molecule has 3 aromatic carbocycles. The third kappa shape index (κ3) is 5.60. The number of fused-ring (bicyclic) bond motifs is 1. The van der Waals surface area contributed by atoms with Crippen molar-refractivity contribution in [2.45, 2.75) is 26.4 Å². The smallest absolute Gasteiger partial charge is 0.416 e. The lowest BCUT2D eigenvalue weighted by molar-refractivity contribution is -0.137. The average molecular weight is 496 g/mol. The van der Waals surface area contributed by atoms with Crippen LogP contribution < -0.4 is 9.64 Å². The molecule has 188 valence electrons. The van der Waals surface area contributed by atoms with Gasteiger partial charge >= 0.3 is 6.18 Å². The number of para-hydroxylation sites is 1. The highest BCUT2D eigenvalue weighted by molar-refractivity contribution is 6.56. The highest BCUT2D eigenvalue weighted by Gasteiger charge is 2.35. The normalized spacial score (nSPS) is 14.6. The van der Waals surface area contributed by atoms with Crippen LogP contribution in [0.15, 0.2) is 77.8 Å². The minimum absolute atomic E-state index is 0.0649. The first kappa shape index (κ1) is 25.4. The van der Waals surface area contributed by atoms with Crippen LogP contribution in [-0.2, 0) is 11.0 Å². The van der Waals surface area contributed by atoms with E-state index in [1.54, 1.807) is 36.4 Å². The second-order valence-electron chi connectivity index (χ2n) is 8.39. The molecule has 1 aliphatic heterocycles. The van der Waals surface area contributed by atoms with Gasteiger partial charge in [-0.05, 0) is 55.9 Å². The quantitative estimate of drug-likeness (QED) is 0.314. The lowest BCUT2D eigenvalue weighted by atomic mass is 10.1. The molecule has 0 saturated heterocycles. The van der Waals surface area contributed by atoms with E-state index in [1.807, 2.05) is 12.1 Å². The molecule has 0 saturated carbocycles. The number of hydrogen-bond acceptors (Lipinski definition) is 4. The van der Waals surface area contributed by atoms with Crippen molar-refractivity contribution in [3.63, 3.8) is 0 Å². The molecule has 0 spiro atoms. The Morgan fingerprint density at radius 1 is 0.944 bits per heavy atom. The van der Waals surface area contributed by atoms with Gasteiger partial charge in [0.25, 0.3) is 5.91 Å². The molecule has 36 heavy (non-hydrogen) atoms. The van der Waals surface area contributed by atoms with Gasteiger partial charge in [-0.15, -0.1) is 0 Å². The van der Waals surface area contributed by atoms with Crippen LogP contribution in [-0.4, -0.2) is 42.8 Å². The topological polar surface area (TPSA) is 45.1 Å². The van der Waals surface area contributed by atoms with E-state index >= 15 is 0 Å². The summed E-state index contributed by atoms with van der Waals surface area (Å²) in [5, 5.41) is 0. The van der Waals surface area contributed by atoms with E-state index in [2.05, 4.69) is 23.7 Å². The Labute approximate surface area is 208 Å². The molecule has 1 aliphatic rings. The van der Waals surface area contributed by atoms with Crippen LogP contribution >= 0.6 is 0 Å². The number of ether oxygens (including phenoxy) is 1. The van der Waals surface area contributed by atoms with E-state index in [1.165, 1.54) is 17.0 Å². The molecule has 0 N–H and O–H groups in total. The monoisotopic (exact) mass is 495 g/mol. The highest BCUT2D eigenvalue weighted by atomic mass is 19.4. The van der Waals surface area contributed by atoms with Gasteiger partial charge in [0, 0.05) is 18.2 Å². The molecule has 1 amide bonds. The van der Waals surface area contributed by atoms with Crippen molar-refractivity contribution in [2.75, 3.05) is 31.1 Å². The van der Waals surface area contributed by atoms with Crippen LogP contribution in [0.4, 0.5) is 30.2 Å². The van der Waals surface area contributed by atoms with Crippen molar-refractivity contribution < 1.29 is 22.7 Å². The molecule has 1 heterocycles. The maximum Gasteiger partial charge on any atom is 0.416 e. The summed E-state index contributed by atoms with van der Waals surface area (Å²) >= 11 is 0. The molecule has 0 aromatic heterocycles. The van der Waals surface area contributed by atoms with Crippen molar-refractivity contribution in [3.05, 3.63) is 83.9 Å². The first-order valence-corrected chi connectivity index (χ1v) is 12.0. The zero-order valence-electron chi connectivity index (χ0n) is 20.3. The number of alkyl halides is 3. The number of benzene rings is 3. The maximum atomic E-state index is 13.5. The number of carbonyl (C=O) groups excluding carboxylic acids is 1. The average Bonchev–Trinajstić information content (AvgIpc) is 3.15. The zero-order valence-corrected chi connectivity index (χ0v) is 20.3. The number of amides is 1. The van der Waals surface area contributed by atoms with Crippen molar-refractivity contribution in [1.29, 1.82) is 0 Å². The van der Waals surface area contributed by atoms with Gasteiger partial charge in [0.1, 0.15) is 11.5 Å². The van der Waals surface area contributed by atoms with Gasteiger partial charge in [-0.1, -0.05) is 44.2 Å². The molecule has 0 bridgehead atoms.